The second-order valence-electron chi connectivity index (χ2n) is 5.48. The molecule has 6 nitrogen and oxygen atoms in total. The van der Waals surface area contributed by atoms with Crippen LogP contribution in [0.15, 0.2) is 53.7 Å². The number of benzene rings is 1. The summed E-state index contributed by atoms with van der Waals surface area (Å²) < 4.78 is 0. The van der Waals surface area contributed by atoms with Gasteiger partial charge in [-0.2, -0.15) is 0 Å². The molecule has 0 aliphatic carbocycles. The molecule has 1 aromatic heterocycles. The second-order valence-corrected chi connectivity index (χ2v) is 5.48. The highest BCUT2D eigenvalue weighted by Crippen LogP contribution is 2.04. The average Bonchev–Trinajstić information content (AvgIpc) is 2.66. The molecule has 2 aromatic rings. The summed E-state index contributed by atoms with van der Waals surface area (Å²) in [6.07, 6.45) is 2.63. The van der Waals surface area contributed by atoms with Gasteiger partial charge < -0.3 is 16.0 Å². The van der Waals surface area contributed by atoms with Crippen molar-refractivity contribution in [2.45, 2.75) is 19.9 Å². The number of amides is 1. The first kappa shape index (κ1) is 18.4. The third kappa shape index (κ3) is 6.25. The van der Waals surface area contributed by atoms with Crippen LogP contribution in [-0.2, 0) is 13.0 Å². The Kier molecular flexibility index (Phi) is 7.43. The molecular formula is C19H25N5O. The van der Waals surface area contributed by atoms with Gasteiger partial charge in [0, 0.05) is 50.6 Å². The van der Waals surface area contributed by atoms with Gasteiger partial charge in [-0.3, -0.25) is 14.8 Å². The van der Waals surface area contributed by atoms with Crippen molar-refractivity contribution in [1.82, 2.24) is 20.9 Å². The van der Waals surface area contributed by atoms with E-state index in [2.05, 4.69) is 25.9 Å². The van der Waals surface area contributed by atoms with Crippen LogP contribution < -0.4 is 16.0 Å². The van der Waals surface area contributed by atoms with Crippen LogP contribution in [-0.4, -0.2) is 37.0 Å². The first-order valence-electron chi connectivity index (χ1n) is 8.44. The van der Waals surface area contributed by atoms with E-state index in [4.69, 9.17) is 0 Å². The number of rotatable bonds is 7. The number of carbonyl (C=O) groups is 1. The number of hydrogen-bond acceptors (Lipinski definition) is 3. The first-order valence-corrected chi connectivity index (χ1v) is 8.44. The lowest BCUT2D eigenvalue weighted by Gasteiger charge is -2.12. The van der Waals surface area contributed by atoms with Gasteiger partial charge in [0.1, 0.15) is 0 Å². The summed E-state index contributed by atoms with van der Waals surface area (Å²) in [6.45, 7) is 3.93. The number of nitrogens with zero attached hydrogens (tertiary/aromatic N) is 2. The number of aliphatic imine (C=N–C) groups is 1. The van der Waals surface area contributed by atoms with Gasteiger partial charge in [0.15, 0.2) is 5.96 Å². The molecule has 25 heavy (non-hydrogen) atoms. The van der Waals surface area contributed by atoms with Crippen LogP contribution in [0.25, 0.3) is 0 Å². The van der Waals surface area contributed by atoms with Crippen LogP contribution in [0.2, 0.25) is 0 Å². The Balaban J connectivity index is 1.77. The molecule has 0 bridgehead atoms. The molecule has 2 rings (SSSR count). The summed E-state index contributed by atoms with van der Waals surface area (Å²) in [5.74, 6) is 0.692. The molecule has 0 unspecified atom stereocenters. The minimum absolute atomic E-state index is 0.0472. The third-order valence-corrected chi connectivity index (χ3v) is 3.64. The van der Waals surface area contributed by atoms with E-state index in [-0.39, 0.29) is 5.91 Å². The molecule has 6 heteroatoms. The van der Waals surface area contributed by atoms with Crippen LogP contribution >= 0.6 is 0 Å². The standard InChI is InChI=1S/C19H25N5O/c1-3-21-18(25)16-9-7-15(8-10-16)14-24-19(20-2)23-13-11-17-6-4-5-12-22-17/h4-10,12H,3,11,13-14H2,1-2H3,(H,21,25)(H2,20,23,24). The highest BCUT2D eigenvalue weighted by atomic mass is 16.1. The zero-order chi connectivity index (χ0) is 17.9. The smallest absolute Gasteiger partial charge is 0.251 e. The monoisotopic (exact) mass is 339 g/mol. The average molecular weight is 339 g/mol. The highest BCUT2D eigenvalue weighted by molar-refractivity contribution is 5.94. The van der Waals surface area contributed by atoms with Crippen molar-refractivity contribution in [3.63, 3.8) is 0 Å². The van der Waals surface area contributed by atoms with Gasteiger partial charge in [-0.25, -0.2) is 0 Å². The number of guanidine groups is 1. The summed E-state index contributed by atoms with van der Waals surface area (Å²) in [7, 11) is 1.74. The quantitative estimate of drug-likeness (QED) is 0.530. The Labute approximate surface area is 148 Å². The molecule has 132 valence electrons. The van der Waals surface area contributed by atoms with Gasteiger partial charge in [-0.15, -0.1) is 0 Å². The summed E-state index contributed by atoms with van der Waals surface area (Å²) in [4.78, 5) is 20.3. The molecule has 0 aliphatic heterocycles. The number of pyridine rings is 1. The highest BCUT2D eigenvalue weighted by Gasteiger charge is 2.04. The van der Waals surface area contributed by atoms with E-state index in [1.165, 1.54) is 0 Å². The second kappa shape index (κ2) is 10.1. The lowest BCUT2D eigenvalue weighted by molar-refractivity contribution is 0.0956. The molecular weight excluding hydrogens is 314 g/mol. The number of carbonyl (C=O) groups excluding carboxylic acids is 1. The number of hydrogen-bond donors (Lipinski definition) is 3. The van der Waals surface area contributed by atoms with E-state index >= 15 is 0 Å². The van der Waals surface area contributed by atoms with Gasteiger partial charge in [0.05, 0.1) is 0 Å². The lowest BCUT2D eigenvalue weighted by Crippen LogP contribution is -2.37. The van der Waals surface area contributed by atoms with E-state index in [1.807, 2.05) is 49.4 Å². The Morgan fingerprint density at radius 2 is 1.88 bits per heavy atom. The minimum atomic E-state index is -0.0472. The van der Waals surface area contributed by atoms with E-state index in [0.29, 0.717) is 18.7 Å². The van der Waals surface area contributed by atoms with Crippen molar-refractivity contribution < 1.29 is 4.79 Å². The van der Waals surface area contributed by atoms with E-state index in [1.54, 1.807) is 13.2 Å². The summed E-state index contributed by atoms with van der Waals surface area (Å²) in [5, 5.41) is 9.32. The fourth-order valence-corrected chi connectivity index (χ4v) is 2.30. The van der Waals surface area contributed by atoms with Crippen LogP contribution in [0, 0.1) is 0 Å². The first-order chi connectivity index (χ1) is 12.2. The van der Waals surface area contributed by atoms with Crippen LogP contribution in [0.1, 0.15) is 28.5 Å². The van der Waals surface area contributed by atoms with Crippen molar-refractivity contribution in [2.24, 2.45) is 4.99 Å². The van der Waals surface area contributed by atoms with Gasteiger partial charge >= 0.3 is 0 Å². The van der Waals surface area contributed by atoms with E-state index < -0.39 is 0 Å². The van der Waals surface area contributed by atoms with Crippen molar-refractivity contribution in [3.05, 3.63) is 65.5 Å². The van der Waals surface area contributed by atoms with Crippen LogP contribution in [0.5, 0.6) is 0 Å². The predicted molar refractivity (Wildman–Crippen MR) is 101 cm³/mol. The zero-order valence-corrected chi connectivity index (χ0v) is 14.7. The topological polar surface area (TPSA) is 78.4 Å². The maximum atomic E-state index is 11.7. The molecule has 0 spiro atoms. The number of aromatic nitrogens is 1. The van der Waals surface area contributed by atoms with Crippen molar-refractivity contribution in [1.29, 1.82) is 0 Å². The van der Waals surface area contributed by atoms with Crippen molar-refractivity contribution in [3.8, 4) is 0 Å². The van der Waals surface area contributed by atoms with Crippen LogP contribution in [0.3, 0.4) is 0 Å². The van der Waals surface area contributed by atoms with Crippen molar-refractivity contribution >= 4 is 11.9 Å². The van der Waals surface area contributed by atoms with Gasteiger partial charge in [0.2, 0.25) is 0 Å². The summed E-state index contributed by atoms with van der Waals surface area (Å²) in [6, 6.07) is 13.5. The SMILES string of the molecule is CCNC(=O)c1ccc(CNC(=NC)NCCc2ccccn2)cc1. The molecule has 1 amide bonds. The number of nitrogens with one attached hydrogen (secondary N) is 3. The Hall–Kier alpha value is -2.89. The maximum absolute atomic E-state index is 11.7. The third-order valence-electron chi connectivity index (χ3n) is 3.64. The molecule has 1 aromatic carbocycles. The Bertz CT molecular complexity index is 683. The fraction of sp³-hybridized carbons (Fsp3) is 0.316. The van der Waals surface area contributed by atoms with Crippen molar-refractivity contribution in [2.75, 3.05) is 20.1 Å². The van der Waals surface area contributed by atoms with Gasteiger partial charge in [0.25, 0.3) is 5.91 Å². The molecule has 0 fully saturated rings. The normalized spacial score (nSPS) is 11.0. The minimum Gasteiger partial charge on any atom is -0.356 e. The molecule has 0 atom stereocenters. The molecule has 3 N–H and O–H groups in total. The predicted octanol–water partition coefficient (Wildman–Crippen LogP) is 1.74. The van der Waals surface area contributed by atoms with E-state index in [9.17, 15) is 4.79 Å². The molecule has 0 radical (unpaired) electrons. The molecule has 0 aliphatic rings. The molecule has 0 saturated carbocycles. The van der Waals surface area contributed by atoms with Gasteiger partial charge in [-0.1, -0.05) is 18.2 Å². The molecule has 0 saturated heterocycles. The maximum Gasteiger partial charge on any atom is 0.251 e. The van der Waals surface area contributed by atoms with Gasteiger partial charge in [-0.05, 0) is 36.8 Å². The zero-order valence-electron chi connectivity index (χ0n) is 14.7. The van der Waals surface area contributed by atoms with E-state index in [0.717, 1.165) is 30.2 Å². The summed E-state index contributed by atoms with van der Waals surface area (Å²) >= 11 is 0. The lowest BCUT2D eigenvalue weighted by atomic mass is 10.1. The van der Waals surface area contributed by atoms with Crippen LogP contribution in [0.4, 0.5) is 0 Å². The molecule has 1 heterocycles. The summed E-state index contributed by atoms with van der Waals surface area (Å²) in [5.41, 5.74) is 2.80. The Morgan fingerprint density at radius 1 is 1.08 bits per heavy atom. The fourth-order valence-electron chi connectivity index (χ4n) is 2.30. The largest absolute Gasteiger partial charge is 0.356 e. The Morgan fingerprint density at radius 3 is 2.52 bits per heavy atom.